The second kappa shape index (κ2) is 20.4. The molecule has 0 aliphatic rings. The van der Waals surface area contributed by atoms with Crippen molar-refractivity contribution >= 4 is 17.7 Å². The van der Waals surface area contributed by atoms with Gasteiger partial charge >= 0.3 is 0 Å². The normalized spacial score (nSPS) is 12.5. The molecule has 27 heavy (non-hydrogen) atoms. The Balaban J connectivity index is 3.15. The van der Waals surface area contributed by atoms with Crippen LogP contribution in [0.25, 0.3) is 0 Å². The van der Waals surface area contributed by atoms with Gasteiger partial charge in [-0.05, 0) is 24.0 Å². The van der Waals surface area contributed by atoms with Crippen molar-refractivity contribution in [2.75, 3.05) is 70.9 Å². The van der Waals surface area contributed by atoms with Gasteiger partial charge in [0.05, 0.1) is 52.0 Å². The SMILES string of the molecule is CCC(C)CSCC(=O)NCCOCCOCCOCCOCCC(C)C. The van der Waals surface area contributed by atoms with Crippen LogP contribution in [0.4, 0.5) is 0 Å². The third-order valence-electron chi connectivity index (χ3n) is 3.86. The van der Waals surface area contributed by atoms with E-state index in [0.717, 1.165) is 25.2 Å². The molecule has 0 saturated carbocycles. The minimum Gasteiger partial charge on any atom is -0.379 e. The third-order valence-corrected chi connectivity index (χ3v) is 5.13. The number of rotatable bonds is 20. The molecule has 0 heterocycles. The lowest BCUT2D eigenvalue weighted by Gasteiger charge is -2.09. The van der Waals surface area contributed by atoms with Gasteiger partial charge in [0.2, 0.25) is 5.91 Å². The van der Waals surface area contributed by atoms with E-state index in [4.69, 9.17) is 18.9 Å². The lowest BCUT2D eigenvalue weighted by atomic mass is 10.1. The number of hydrogen-bond acceptors (Lipinski definition) is 6. The Bertz CT molecular complexity index is 331. The fourth-order valence-corrected chi connectivity index (χ4v) is 2.91. The van der Waals surface area contributed by atoms with Crippen LogP contribution in [0.2, 0.25) is 0 Å². The standard InChI is InChI=1S/C20H41NO5S/c1-5-19(4)16-27-17-20(22)21-7-9-24-11-13-26-15-14-25-12-10-23-8-6-18(2)3/h18-19H,5-17H2,1-4H3,(H,21,22). The Hall–Kier alpha value is -0.340. The summed E-state index contributed by atoms with van der Waals surface area (Å²) in [5.41, 5.74) is 0. The Kier molecular flexibility index (Phi) is 20.1. The quantitative estimate of drug-likeness (QED) is 0.313. The number of carbonyl (C=O) groups is 1. The molecule has 0 spiro atoms. The molecule has 6 nitrogen and oxygen atoms in total. The maximum atomic E-state index is 11.6. The maximum Gasteiger partial charge on any atom is 0.230 e. The smallest absolute Gasteiger partial charge is 0.230 e. The van der Waals surface area contributed by atoms with E-state index in [1.165, 1.54) is 0 Å². The van der Waals surface area contributed by atoms with E-state index >= 15 is 0 Å². The van der Waals surface area contributed by atoms with Crippen LogP contribution < -0.4 is 5.32 Å². The molecule has 0 fully saturated rings. The topological polar surface area (TPSA) is 66.0 Å². The molecule has 1 amide bonds. The largest absolute Gasteiger partial charge is 0.379 e. The Labute approximate surface area is 170 Å². The zero-order chi connectivity index (χ0) is 20.2. The van der Waals surface area contributed by atoms with Crippen LogP contribution in [-0.4, -0.2) is 76.8 Å². The fourth-order valence-electron chi connectivity index (χ4n) is 1.87. The van der Waals surface area contributed by atoms with E-state index in [9.17, 15) is 4.79 Å². The van der Waals surface area contributed by atoms with Gasteiger partial charge in [0.15, 0.2) is 0 Å². The van der Waals surface area contributed by atoms with Crippen LogP contribution in [0.1, 0.15) is 40.5 Å². The minimum atomic E-state index is 0.0773. The molecule has 162 valence electrons. The summed E-state index contributed by atoms with van der Waals surface area (Å²) in [5, 5.41) is 2.86. The van der Waals surface area contributed by atoms with Gasteiger partial charge in [-0.1, -0.05) is 34.1 Å². The van der Waals surface area contributed by atoms with Gasteiger partial charge in [0, 0.05) is 13.2 Å². The summed E-state index contributed by atoms with van der Waals surface area (Å²) < 4.78 is 21.7. The molecule has 0 aromatic rings. The summed E-state index contributed by atoms with van der Waals surface area (Å²) >= 11 is 1.69. The molecule has 0 aromatic heterocycles. The van der Waals surface area contributed by atoms with Crippen LogP contribution in [0.3, 0.4) is 0 Å². The lowest BCUT2D eigenvalue weighted by Crippen LogP contribution is -2.29. The van der Waals surface area contributed by atoms with E-state index in [-0.39, 0.29) is 5.91 Å². The monoisotopic (exact) mass is 407 g/mol. The van der Waals surface area contributed by atoms with Crippen molar-refractivity contribution in [1.82, 2.24) is 5.32 Å². The molecular weight excluding hydrogens is 366 g/mol. The van der Waals surface area contributed by atoms with Crippen molar-refractivity contribution in [3.05, 3.63) is 0 Å². The van der Waals surface area contributed by atoms with Gasteiger partial charge in [-0.15, -0.1) is 0 Å². The summed E-state index contributed by atoms with van der Waals surface area (Å²) in [6.07, 6.45) is 2.24. The molecule has 7 heteroatoms. The molecule has 1 unspecified atom stereocenters. The molecule has 0 aliphatic carbocycles. The number of hydrogen-bond donors (Lipinski definition) is 1. The van der Waals surface area contributed by atoms with Crippen molar-refractivity contribution in [2.24, 2.45) is 11.8 Å². The van der Waals surface area contributed by atoms with Crippen molar-refractivity contribution in [3.8, 4) is 0 Å². The van der Waals surface area contributed by atoms with Crippen molar-refractivity contribution in [2.45, 2.75) is 40.5 Å². The van der Waals surface area contributed by atoms with Gasteiger partial charge in [0.25, 0.3) is 0 Å². The zero-order valence-corrected chi connectivity index (χ0v) is 18.6. The first-order chi connectivity index (χ1) is 13.1. The molecule has 0 aliphatic heterocycles. The van der Waals surface area contributed by atoms with Crippen molar-refractivity contribution in [1.29, 1.82) is 0 Å². The first kappa shape index (κ1) is 26.7. The summed E-state index contributed by atoms with van der Waals surface area (Å²) in [6, 6.07) is 0. The average molecular weight is 408 g/mol. The van der Waals surface area contributed by atoms with E-state index in [1.807, 2.05) is 0 Å². The van der Waals surface area contributed by atoms with Gasteiger partial charge < -0.3 is 24.3 Å². The highest BCUT2D eigenvalue weighted by atomic mass is 32.2. The first-order valence-corrected chi connectivity index (χ1v) is 11.4. The summed E-state index contributed by atoms with van der Waals surface area (Å²) in [6.45, 7) is 14.0. The average Bonchev–Trinajstić information content (AvgIpc) is 2.64. The summed E-state index contributed by atoms with van der Waals surface area (Å²) in [4.78, 5) is 11.6. The molecule has 1 N–H and O–H groups in total. The number of carbonyl (C=O) groups excluding carboxylic acids is 1. The van der Waals surface area contributed by atoms with Crippen LogP contribution >= 0.6 is 11.8 Å². The number of nitrogens with one attached hydrogen (secondary N) is 1. The van der Waals surface area contributed by atoms with E-state index < -0.39 is 0 Å². The summed E-state index contributed by atoms with van der Waals surface area (Å²) in [7, 11) is 0. The van der Waals surface area contributed by atoms with E-state index in [0.29, 0.717) is 70.4 Å². The second-order valence-electron chi connectivity index (χ2n) is 7.01. The highest BCUT2D eigenvalue weighted by Gasteiger charge is 2.03. The predicted octanol–water partition coefficient (Wildman–Crippen LogP) is 2.99. The van der Waals surface area contributed by atoms with E-state index in [2.05, 4.69) is 33.0 Å². The second-order valence-corrected chi connectivity index (χ2v) is 8.04. The highest BCUT2D eigenvalue weighted by Crippen LogP contribution is 2.10. The Morgan fingerprint density at radius 3 is 1.89 bits per heavy atom. The van der Waals surface area contributed by atoms with Crippen LogP contribution in [0, 0.1) is 11.8 Å². The maximum absolute atomic E-state index is 11.6. The van der Waals surface area contributed by atoms with Gasteiger partial charge in [-0.2, -0.15) is 11.8 Å². The molecule has 1 atom stereocenters. The van der Waals surface area contributed by atoms with Crippen LogP contribution in [-0.2, 0) is 23.7 Å². The minimum absolute atomic E-state index is 0.0773. The predicted molar refractivity (Wildman–Crippen MR) is 113 cm³/mol. The van der Waals surface area contributed by atoms with Crippen LogP contribution in [0.15, 0.2) is 0 Å². The van der Waals surface area contributed by atoms with E-state index in [1.54, 1.807) is 11.8 Å². The highest BCUT2D eigenvalue weighted by molar-refractivity contribution is 7.99. The number of ether oxygens (including phenoxy) is 4. The molecule has 0 bridgehead atoms. The summed E-state index contributed by atoms with van der Waals surface area (Å²) in [5.74, 6) is 2.98. The van der Waals surface area contributed by atoms with Gasteiger partial charge in [-0.3, -0.25) is 4.79 Å². The molecular formula is C20H41NO5S. The molecule has 0 rings (SSSR count). The lowest BCUT2D eigenvalue weighted by molar-refractivity contribution is -0.118. The first-order valence-electron chi connectivity index (χ1n) is 10.2. The molecule has 0 radical (unpaired) electrons. The Morgan fingerprint density at radius 2 is 1.37 bits per heavy atom. The molecule has 0 saturated heterocycles. The zero-order valence-electron chi connectivity index (χ0n) is 17.8. The number of amides is 1. The van der Waals surface area contributed by atoms with Crippen molar-refractivity contribution in [3.63, 3.8) is 0 Å². The molecule has 0 aromatic carbocycles. The fraction of sp³-hybridized carbons (Fsp3) is 0.950. The van der Waals surface area contributed by atoms with Gasteiger partial charge in [-0.25, -0.2) is 0 Å². The van der Waals surface area contributed by atoms with Crippen molar-refractivity contribution < 1.29 is 23.7 Å². The van der Waals surface area contributed by atoms with Crippen LogP contribution in [0.5, 0.6) is 0 Å². The third kappa shape index (κ3) is 21.8. The Morgan fingerprint density at radius 1 is 0.852 bits per heavy atom. The van der Waals surface area contributed by atoms with Gasteiger partial charge in [0.1, 0.15) is 0 Å². The number of thioether (sulfide) groups is 1.